The van der Waals surface area contributed by atoms with Gasteiger partial charge in [0, 0.05) is 44.0 Å². The van der Waals surface area contributed by atoms with E-state index < -0.39 is 0 Å². The minimum atomic E-state index is 0.413. The highest BCUT2D eigenvalue weighted by Gasteiger charge is 2.22. The summed E-state index contributed by atoms with van der Waals surface area (Å²) in [5, 5.41) is 3.51. The Bertz CT molecular complexity index is 572. The first kappa shape index (κ1) is 16.2. The minimum absolute atomic E-state index is 0.413. The predicted octanol–water partition coefficient (Wildman–Crippen LogP) is 3.22. The SMILES string of the molecule is CCc1ccc(C(Cc2ccccn2)N2CCCNCC2)cc1. The second-order valence-corrected chi connectivity index (χ2v) is 6.28. The van der Waals surface area contributed by atoms with Gasteiger partial charge in [0.2, 0.25) is 0 Å². The number of benzene rings is 1. The summed E-state index contributed by atoms with van der Waals surface area (Å²) in [7, 11) is 0. The third kappa shape index (κ3) is 4.40. The van der Waals surface area contributed by atoms with E-state index in [4.69, 9.17) is 0 Å². The fourth-order valence-electron chi connectivity index (χ4n) is 3.33. The lowest BCUT2D eigenvalue weighted by Gasteiger charge is -2.31. The van der Waals surface area contributed by atoms with Crippen molar-refractivity contribution in [1.29, 1.82) is 0 Å². The number of nitrogens with one attached hydrogen (secondary N) is 1. The Labute approximate surface area is 139 Å². The second-order valence-electron chi connectivity index (χ2n) is 6.28. The van der Waals surface area contributed by atoms with Crippen LogP contribution in [0.4, 0.5) is 0 Å². The van der Waals surface area contributed by atoms with Gasteiger partial charge in [-0.1, -0.05) is 37.3 Å². The summed E-state index contributed by atoms with van der Waals surface area (Å²) in [6, 6.07) is 15.8. The Kier molecular flexibility index (Phi) is 5.78. The Morgan fingerprint density at radius 1 is 1.09 bits per heavy atom. The molecule has 2 aromatic rings. The van der Waals surface area contributed by atoms with Crippen molar-refractivity contribution in [1.82, 2.24) is 15.2 Å². The molecule has 1 aromatic heterocycles. The normalized spacial score (nSPS) is 17.6. The molecule has 1 N–H and O–H groups in total. The van der Waals surface area contributed by atoms with Gasteiger partial charge in [0.15, 0.2) is 0 Å². The monoisotopic (exact) mass is 309 g/mol. The number of hydrogen-bond donors (Lipinski definition) is 1. The number of pyridine rings is 1. The van der Waals surface area contributed by atoms with E-state index in [2.05, 4.69) is 58.5 Å². The molecule has 0 radical (unpaired) electrons. The van der Waals surface area contributed by atoms with Crippen molar-refractivity contribution in [3.63, 3.8) is 0 Å². The van der Waals surface area contributed by atoms with Crippen LogP contribution in [-0.2, 0) is 12.8 Å². The summed E-state index contributed by atoms with van der Waals surface area (Å²) in [5.41, 5.74) is 3.99. The van der Waals surface area contributed by atoms with Crippen molar-refractivity contribution in [2.45, 2.75) is 32.2 Å². The van der Waals surface area contributed by atoms with Crippen LogP contribution in [0, 0.1) is 0 Å². The van der Waals surface area contributed by atoms with Gasteiger partial charge in [-0.05, 0) is 42.6 Å². The van der Waals surface area contributed by atoms with E-state index in [9.17, 15) is 0 Å². The summed E-state index contributed by atoms with van der Waals surface area (Å²) in [5.74, 6) is 0. The van der Waals surface area contributed by atoms with E-state index in [0.29, 0.717) is 6.04 Å². The molecular weight excluding hydrogens is 282 g/mol. The van der Waals surface area contributed by atoms with Crippen molar-refractivity contribution in [2.75, 3.05) is 26.2 Å². The Hall–Kier alpha value is -1.71. The van der Waals surface area contributed by atoms with Crippen LogP contribution >= 0.6 is 0 Å². The first-order valence-electron chi connectivity index (χ1n) is 8.80. The molecule has 0 bridgehead atoms. The molecule has 3 heteroatoms. The van der Waals surface area contributed by atoms with E-state index in [0.717, 1.165) is 39.0 Å². The summed E-state index contributed by atoms with van der Waals surface area (Å²) >= 11 is 0. The molecule has 0 spiro atoms. The topological polar surface area (TPSA) is 28.2 Å². The average Bonchev–Trinajstić information content (AvgIpc) is 2.90. The quantitative estimate of drug-likeness (QED) is 0.919. The molecule has 122 valence electrons. The zero-order chi connectivity index (χ0) is 15.9. The van der Waals surface area contributed by atoms with Crippen LogP contribution in [0.5, 0.6) is 0 Å². The summed E-state index contributed by atoms with van der Waals surface area (Å²) in [4.78, 5) is 7.17. The molecule has 1 unspecified atom stereocenters. The molecule has 2 heterocycles. The molecule has 23 heavy (non-hydrogen) atoms. The lowest BCUT2D eigenvalue weighted by atomic mass is 9.98. The molecule has 1 aromatic carbocycles. The Morgan fingerprint density at radius 3 is 2.70 bits per heavy atom. The van der Waals surface area contributed by atoms with Gasteiger partial charge in [-0.25, -0.2) is 0 Å². The maximum atomic E-state index is 4.55. The molecule has 1 atom stereocenters. The number of nitrogens with zero attached hydrogens (tertiary/aromatic N) is 2. The van der Waals surface area contributed by atoms with E-state index in [1.165, 1.54) is 23.2 Å². The number of aromatic nitrogens is 1. The number of hydrogen-bond acceptors (Lipinski definition) is 3. The maximum Gasteiger partial charge on any atom is 0.0422 e. The van der Waals surface area contributed by atoms with Crippen LogP contribution in [-0.4, -0.2) is 36.1 Å². The molecule has 0 aliphatic carbocycles. The van der Waals surface area contributed by atoms with E-state index in [1.807, 2.05) is 12.3 Å². The van der Waals surface area contributed by atoms with Gasteiger partial charge in [0.1, 0.15) is 0 Å². The van der Waals surface area contributed by atoms with E-state index in [-0.39, 0.29) is 0 Å². The zero-order valence-corrected chi connectivity index (χ0v) is 14.0. The predicted molar refractivity (Wildman–Crippen MR) is 95.6 cm³/mol. The number of rotatable bonds is 5. The van der Waals surface area contributed by atoms with Crippen molar-refractivity contribution >= 4 is 0 Å². The first-order valence-corrected chi connectivity index (χ1v) is 8.80. The van der Waals surface area contributed by atoms with Gasteiger partial charge in [0.05, 0.1) is 0 Å². The highest BCUT2D eigenvalue weighted by molar-refractivity contribution is 5.26. The minimum Gasteiger partial charge on any atom is -0.315 e. The lowest BCUT2D eigenvalue weighted by Crippen LogP contribution is -2.33. The fraction of sp³-hybridized carbons (Fsp3) is 0.450. The molecular formula is C20H27N3. The number of aryl methyl sites for hydroxylation is 1. The fourth-order valence-corrected chi connectivity index (χ4v) is 3.33. The van der Waals surface area contributed by atoms with E-state index >= 15 is 0 Å². The van der Waals surface area contributed by atoms with Crippen LogP contribution in [0.2, 0.25) is 0 Å². The van der Waals surface area contributed by atoms with Crippen LogP contribution in [0.1, 0.15) is 36.2 Å². The highest BCUT2D eigenvalue weighted by Crippen LogP contribution is 2.25. The molecule has 1 aliphatic rings. The van der Waals surface area contributed by atoms with Crippen molar-refractivity contribution < 1.29 is 0 Å². The summed E-state index contributed by atoms with van der Waals surface area (Å²) in [6.07, 6.45) is 5.19. The molecule has 1 fully saturated rings. The zero-order valence-electron chi connectivity index (χ0n) is 14.0. The van der Waals surface area contributed by atoms with Crippen LogP contribution < -0.4 is 5.32 Å². The van der Waals surface area contributed by atoms with Crippen molar-refractivity contribution in [3.8, 4) is 0 Å². The Balaban J connectivity index is 1.84. The van der Waals surface area contributed by atoms with Gasteiger partial charge in [-0.2, -0.15) is 0 Å². The van der Waals surface area contributed by atoms with Crippen molar-refractivity contribution in [3.05, 3.63) is 65.5 Å². The summed E-state index contributed by atoms with van der Waals surface area (Å²) < 4.78 is 0. The molecule has 1 saturated heterocycles. The second kappa shape index (κ2) is 8.23. The lowest BCUT2D eigenvalue weighted by molar-refractivity contribution is 0.208. The van der Waals surface area contributed by atoms with Gasteiger partial charge >= 0.3 is 0 Å². The summed E-state index contributed by atoms with van der Waals surface area (Å²) in [6.45, 7) is 6.67. The highest BCUT2D eigenvalue weighted by atomic mass is 15.2. The van der Waals surface area contributed by atoms with Crippen LogP contribution in [0.3, 0.4) is 0 Å². The van der Waals surface area contributed by atoms with Gasteiger partial charge in [0.25, 0.3) is 0 Å². The third-order valence-electron chi connectivity index (χ3n) is 4.72. The molecule has 0 amide bonds. The Morgan fingerprint density at radius 2 is 1.96 bits per heavy atom. The van der Waals surface area contributed by atoms with Gasteiger partial charge in [-0.15, -0.1) is 0 Å². The maximum absolute atomic E-state index is 4.55. The standard InChI is InChI=1S/C20H27N3/c1-2-17-7-9-18(10-8-17)20(16-19-6-3-4-12-22-19)23-14-5-11-21-13-15-23/h3-4,6-10,12,20-21H,2,5,11,13-16H2,1H3. The smallest absolute Gasteiger partial charge is 0.0422 e. The van der Waals surface area contributed by atoms with Crippen LogP contribution in [0.15, 0.2) is 48.7 Å². The van der Waals surface area contributed by atoms with Gasteiger partial charge in [-0.3, -0.25) is 9.88 Å². The van der Waals surface area contributed by atoms with E-state index in [1.54, 1.807) is 0 Å². The average molecular weight is 309 g/mol. The molecule has 1 aliphatic heterocycles. The molecule has 0 saturated carbocycles. The largest absolute Gasteiger partial charge is 0.315 e. The molecule has 3 rings (SSSR count). The first-order chi connectivity index (χ1) is 11.4. The molecule has 3 nitrogen and oxygen atoms in total. The van der Waals surface area contributed by atoms with Crippen LogP contribution in [0.25, 0.3) is 0 Å². The third-order valence-corrected chi connectivity index (χ3v) is 4.72. The van der Waals surface area contributed by atoms with Gasteiger partial charge < -0.3 is 5.32 Å². The van der Waals surface area contributed by atoms with Crippen molar-refractivity contribution in [2.24, 2.45) is 0 Å².